The summed E-state index contributed by atoms with van der Waals surface area (Å²) in [6.07, 6.45) is 2.92. The van der Waals surface area contributed by atoms with E-state index in [1.165, 1.54) is 24.3 Å². The number of methoxy groups -OCH3 is 1. The molecule has 0 fully saturated rings. The smallest absolute Gasteiger partial charge is 0.335 e. The second-order valence-electron chi connectivity index (χ2n) is 5.17. The summed E-state index contributed by atoms with van der Waals surface area (Å²) >= 11 is 5.99. The highest BCUT2D eigenvalue weighted by Gasteiger charge is 2.09. The Hall–Kier alpha value is -2.99. The average Bonchev–Trinajstić information content (AvgIpc) is 2.62. The van der Waals surface area contributed by atoms with Gasteiger partial charge in [0.2, 0.25) is 5.91 Å². The minimum Gasteiger partial charge on any atom is -0.493 e. The van der Waals surface area contributed by atoms with Gasteiger partial charge in [-0.15, -0.1) is 0 Å². The van der Waals surface area contributed by atoms with Gasteiger partial charge in [0, 0.05) is 6.08 Å². The normalized spacial score (nSPS) is 10.6. The van der Waals surface area contributed by atoms with Crippen molar-refractivity contribution >= 4 is 35.2 Å². The van der Waals surface area contributed by atoms with Crippen molar-refractivity contribution < 1.29 is 24.2 Å². The number of hydrogen-bond acceptors (Lipinski definition) is 4. The molecule has 0 aliphatic heterocycles. The van der Waals surface area contributed by atoms with Crippen molar-refractivity contribution in [2.75, 3.05) is 19.0 Å². The Morgan fingerprint density at radius 3 is 2.62 bits per heavy atom. The summed E-state index contributed by atoms with van der Waals surface area (Å²) < 4.78 is 10.7. The first-order chi connectivity index (χ1) is 12.4. The second kappa shape index (κ2) is 8.92. The predicted molar refractivity (Wildman–Crippen MR) is 100 cm³/mol. The number of aromatic carboxylic acids is 1. The number of benzene rings is 2. The van der Waals surface area contributed by atoms with Crippen LogP contribution in [0.3, 0.4) is 0 Å². The van der Waals surface area contributed by atoms with Crippen LogP contribution in [0.4, 0.5) is 5.69 Å². The topological polar surface area (TPSA) is 84.9 Å². The molecule has 0 saturated heterocycles. The molecule has 0 radical (unpaired) electrons. The Bertz CT molecular complexity index is 848. The van der Waals surface area contributed by atoms with E-state index in [1.807, 2.05) is 6.92 Å². The molecule has 7 heteroatoms. The highest BCUT2D eigenvalue weighted by atomic mass is 35.5. The standard InChI is InChI=1S/C19H18ClNO5/c1-3-26-17-10-12(4-8-16(17)25-2)5-9-18(22)21-15-11-13(19(23)24)6-7-14(15)20/h4-11H,3H2,1-2H3,(H,21,22)(H,23,24)/b9-5+. The van der Waals surface area contributed by atoms with Crippen molar-refractivity contribution in [3.8, 4) is 11.5 Å². The number of nitrogens with one attached hydrogen (secondary N) is 1. The number of carbonyl (C=O) groups is 2. The molecule has 1 amide bonds. The van der Waals surface area contributed by atoms with E-state index < -0.39 is 11.9 Å². The number of hydrogen-bond donors (Lipinski definition) is 2. The van der Waals surface area contributed by atoms with Crippen LogP contribution in [-0.4, -0.2) is 30.7 Å². The highest BCUT2D eigenvalue weighted by molar-refractivity contribution is 6.34. The summed E-state index contributed by atoms with van der Waals surface area (Å²) in [4.78, 5) is 23.1. The van der Waals surface area contributed by atoms with E-state index in [2.05, 4.69) is 5.32 Å². The molecule has 0 aliphatic rings. The predicted octanol–water partition coefficient (Wildman–Crippen LogP) is 4.10. The lowest BCUT2D eigenvalue weighted by Gasteiger charge is -2.09. The third-order valence-corrected chi connectivity index (χ3v) is 3.72. The van der Waals surface area contributed by atoms with Gasteiger partial charge in [-0.2, -0.15) is 0 Å². The molecule has 0 aromatic heterocycles. The maximum atomic E-state index is 12.1. The number of carbonyl (C=O) groups excluding carboxylic acids is 1. The molecular weight excluding hydrogens is 358 g/mol. The molecule has 0 bridgehead atoms. The summed E-state index contributed by atoms with van der Waals surface area (Å²) in [5.74, 6) is -0.363. The SMILES string of the molecule is CCOc1cc(/C=C/C(=O)Nc2cc(C(=O)O)ccc2Cl)ccc1OC. The quantitative estimate of drug-likeness (QED) is 0.712. The van der Waals surface area contributed by atoms with Crippen LogP contribution in [0.15, 0.2) is 42.5 Å². The number of ether oxygens (including phenoxy) is 2. The van der Waals surface area contributed by atoms with E-state index >= 15 is 0 Å². The van der Waals surface area contributed by atoms with Crippen molar-refractivity contribution in [1.82, 2.24) is 0 Å². The molecule has 2 aromatic carbocycles. The lowest BCUT2D eigenvalue weighted by atomic mass is 10.1. The fourth-order valence-corrected chi connectivity index (χ4v) is 2.33. The van der Waals surface area contributed by atoms with Crippen LogP contribution in [0, 0.1) is 0 Å². The molecule has 2 aromatic rings. The molecule has 0 aliphatic carbocycles. The first-order valence-electron chi connectivity index (χ1n) is 7.77. The maximum Gasteiger partial charge on any atom is 0.335 e. The van der Waals surface area contributed by atoms with Gasteiger partial charge in [-0.05, 0) is 48.9 Å². The zero-order valence-electron chi connectivity index (χ0n) is 14.3. The van der Waals surface area contributed by atoms with Crippen LogP contribution < -0.4 is 14.8 Å². The van der Waals surface area contributed by atoms with Crippen LogP contribution >= 0.6 is 11.6 Å². The van der Waals surface area contributed by atoms with E-state index in [4.69, 9.17) is 26.2 Å². The van der Waals surface area contributed by atoms with Gasteiger partial charge in [0.15, 0.2) is 11.5 Å². The van der Waals surface area contributed by atoms with E-state index in [0.29, 0.717) is 18.1 Å². The van der Waals surface area contributed by atoms with E-state index in [0.717, 1.165) is 5.56 Å². The summed E-state index contributed by atoms with van der Waals surface area (Å²) in [5, 5.41) is 11.8. The lowest BCUT2D eigenvalue weighted by molar-refractivity contribution is -0.111. The minimum atomic E-state index is -1.10. The molecule has 2 N–H and O–H groups in total. The van der Waals surface area contributed by atoms with E-state index in [-0.39, 0.29) is 16.3 Å². The third kappa shape index (κ3) is 5.00. The Morgan fingerprint density at radius 1 is 1.19 bits per heavy atom. The fourth-order valence-electron chi connectivity index (χ4n) is 2.17. The minimum absolute atomic E-state index is 0.0326. The maximum absolute atomic E-state index is 12.1. The van der Waals surface area contributed by atoms with Crippen LogP contribution in [0.25, 0.3) is 6.08 Å². The van der Waals surface area contributed by atoms with Crippen molar-refractivity contribution in [3.63, 3.8) is 0 Å². The summed E-state index contributed by atoms with van der Waals surface area (Å²) in [6, 6.07) is 9.37. The number of carboxylic acids is 1. The van der Waals surface area contributed by atoms with Crippen molar-refractivity contribution in [2.45, 2.75) is 6.92 Å². The van der Waals surface area contributed by atoms with Crippen molar-refractivity contribution in [2.24, 2.45) is 0 Å². The molecule has 0 atom stereocenters. The number of anilines is 1. The second-order valence-corrected chi connectivity index (χ2v) is 5.57. The van der Waals surface area contributed by atoms with Crippen LogP contribution in [-0.2, 0) is 4.79 Å². The molecule has 6 nitrogen and oxygen atoms in total. The molecule has 0 heterocycles. The van der Waals surface area contributed by atoms with E-state index in [1.54, 1.807) is 31.4 Å². The van der Waals surface area contributed by atoms with Gasteiger partial charge in [0.25, 0.3) is 0 Å². The van der Waals surface area contributed by atoms with Gasteiger partial charge in [-0.25, -0.2) is 4.79 Å². The zero-order chi connectivity index (χ0) is 19.1. The first-order valence-corrected chi connectivity index (χ1v) is 8.15. The molecule has 0 spiro atoms. The highest BCUT2D eigenvalue weighted by Crippen LogP contribution is 2.28. The van der Waals surface area contributed by atoms with Gasteiger partial charge in [-0.3, -0.25) is 4.79 Å². The Balaban J connectivity index is 2.14. The average molecular weight is 376 g/mol. The first kappa shape index (κ1) is 19.3. The molecule has 2 rings (SSSR count). The molecule has 0 saturated carbocycles. The van der Waals surface area contributed by atoms with E-state index in [9.17, 15) is 9.59 Å². The lowest BCUT2D eigenvalue weighted by Crippen LogP contribution is -2.09. The fraction of sp³-hybridized carbons (Fsp3) is 0.158. The molecule has 136 valence electrons. The van der Waals surface area contributed by atoms with Gasteiger partial charge >= 0.3 is 5.97 Å². The van der Waals surface area contributed by atoms with Gasteiger partial charge in [0.1, 0.15) is 0 Å². The van der Waals surface area contributed by atoms with Crippen LogP contribution in [0.1, 0.15) is 22.8 Å². The molecule has 26 heavy (non-hydrogen) atoms. The van der Waals surface area contributed by atoms with Crippen molar-refractivity contribution in [3.05, 3.63) is 58.6 Å². The zero-order valence-corrected chi connectivity index (χ0v) is 15.0. The Labute approximate surface area is 156 Å². The Kier molecular flexibility index (Phi) is 6.63. The number of halogens is 1. The van der Waals surface area contributed by atoms with Gasteiger partial charge in [-0.1, -0.05) is 17.7 Å². The number of carboxylic acid groups (broad SMARTS) is 1. The van der Waals surface area contributed by atoms with Crippen LogP contribution in [0.2, 0.25) is 5.02 Å². The summed E-state index contributed by atoms with van der Waals surface area (Å²) in [6.45, 7) is 2.35. The third-order valence-electron chi connectivity index (χ3n) is 3.39. The molecule has 0 unspecified atom stereocenters. The summed E-state index contributed by atoms with van der Waals surface area (Å²) in [7, 11) is 1.55. The summed E-state index contributed by atoms with van der Waals surface area (Å²) in [5.41, 5.74) is 1.01. The Morgan fingerprint density at radius 2 is 1.96 bits per heavy atom. The number of amides is 1. The van der Waals surface area contributed by atoms with Gasteiger partial charge in [0.05, 0.1) is 30.0 Å². The van der Waals surface area contributed by atoms with Crippen molar-refractivity contribution in [1.29, 1.82) is 0 Å². The van der Waals surface area contributed by atoms with Crippen LogP contribution in [0.5, 0.6) is 11.5 Å². The molecular formula is C19H18ClNO5. The largest absolute Gasteiger partial charge is 0.493 e. The monoisotopic (exact) mass is 375 g/mol. The number of rotatable bonds is 7. The van der Waals surface area contributed by atoms with Gasteiger partial charge < -0.3 is 19.9 Å².